The van der Waals surface area contributed by atoms with Gasteiger partial charge in [-0.3, -0.25) is 20.2 Å². The van der Waals surface area contributed by atoms with Crippen molar-refractivity contribution in [3.63, 3.8) is 0 Å². The van der Waals surface area contributed by atoms with Gasteiger partial charge in [0.15, 0.2) is 5.82 Å². The van der Waals surface area contributed by atoms with Crippen LogP contribution in [0.2, 0.25) is 0 Å². The minimum Gasteiger partial charge on any atom is -0.450 e. The molecule has 0 fully saturated rings. The van der Waals surface area contributed by atoms with E-state index < -0.39 is 17.9 Å². The Morgan fingerprint density at radius 2 is 2.11 bits per heavy atom. The maximum atomic E-state index is 11.2. The molecule has 0 bridgehead atoms. The van der Waals surface area contributed by atoms with Crippen LogP contribution in [0.1, 0.15) is 19.7 Å². The molecule has 8 nitrogen and oxygen atoms in total. The molecule has 1 aromatic rings. The van der Waals surface area contributed by atoms with Crippen LogP contribution in [0.3, 0.4) is 0 Å². The fraction of sp³-hybridized carbons (Fsp3) is 0.444. The first-order valence-corrected chi connectivity index (χ1v) is 5.85. The number of nitrogens with zero attached hydrogens (tertiary/aromatic N) is 2. The second-order valence-electron chi connectivity index (χ2n) is 3.14. The minimum absolute atomic E-state index is 0.124. The van der Waals surface area contributed by atoms with Crippen molar-refractivity contribution in [2.45, 2.75) is 20.3 Å². The van der Waals surface area contributed by atoms with E-state index in [-0.39, 0.29) is 24.0 Å². The van der Waals surface area contributed by atoms with Gasteiger partial charge in [-0.1, -0.05) is 0 Å². The predicted molar refractivity (Wildman–Crippen MR) is 63.1 cm³/mol. The molecule has 9 heteroatoms. The molecule has 0 spiro atoms. The summed E-state index contributed by atoms with van der Waals surface area (Å²) in [5, 5.41) is 4.69. The molecule has 0 aliphatic rings. The lowest BCUT2D eigenvalue weighted by Gasteiger charge is -1.99. The zero-order valence-corrected chi connectivity index (χ0v) is 10.7. The van der Waals surface area contributed by atoms with Gasteiger partial charge >= 0.3 is 6.09 Å². The molecule has 2 N–H and O–H groups in total. The zero-order chi connectivity index (χ0) is 13.5. The number of carbonyl (C=O) groups is 3. The number of anilines is 1. The van der Waals surface area contributed by atoms with Crippen LogP contribution in [0, 0.1) is 0 Å². The number of rotatable bonds is 4. The Kier molecular flexibility index (Phi) is 5.18. The van der Waals surface area contributed by atoms with Crippen LogP contribution in [0.15, 0.2) is 0 Å². The van der Waals surface area contributed by atoms with Crippen molar-refractivity contribution in [2.24, 2.45) is 0 Å². The molecule has 1 aromatic heterocycles. The van der Waals surface area contributed by atoms with E-state index in [0.29, 0.717) is 0 Å². The smallest absolute Gasteiger partial charge is 0.413 e. The SMILES string of the molecule is CCOC(=O)Nc1nc(CC(=O)NC(C)=O)ns1. The number of ether oxygens (including phenoxy) is 1. The highest BCUT2D eigenvalue weighted by Gasteiger charge is 2.12. The first-order chi connectivity index (χ1) is 8.51. The van der Waals surface area contributed by atoms with Crippen LogP contribution < -0.4 is 10.6 Å². The van der Waals surface area contributed by atoms with E-state index >= 15 is 0 Å². The number of imide groups is 1. The highest BCUT2D eigenvalue weighted by atomic mass is 32.1. The van der Waals surface area contributed by atoms with Crippen molar-refractivity contribution >= 4 is 34.6 Å². The summed E-state index contributed by atoms with van der Waals surface area (Å²) in [7, 11) is 0. The number of nitrogens with one attached hydrogen (secondary N) is 2. The Hall–Kier alpha value is -2.03. The second kappa shape index (κ2) is 6.64. The first-order valence-electron chi connectivity index (χ1n) is 5.08. The molecule has 1 rings (SSSR count). The van der Waals surface area contributed by atoms with E-state index in [1.165, 1.54) is 6.92 Å². The molecule has 0 aromatic carbocycles. The van der Waals surface area contributed by atoms with Gasteiger partial charge in [0.2, 0.25) is 16.9 Å². The van der Waals surface area contributed by atoms with Gasteiger partial charge < -0.3 is 4.74 Å². The Bertz CT molecular complexity index is 459. The van der Waals surface area contributed by atoms with Gasteiger partial charge in [0.05, 0.1) is 13.0 Å². The van der Waals surface area contributed by atoms with Gasteiger partial charge in [0, 0.05) is 18.5 Å². The third-order valence-electron chi connectivity index (χ3n) is 1.59. The normalized spacial score (nSPS) is 9.67. The summed E-state index contributed by atoms with van der Waals surface area (Å²) >= 11 is 0.927. The molecule has 0 unspecified atom stereocenters. The minimum atomic E-state index is -0.631. The van der Waals surface area contributed by atoms with Gasteiger partial charge in [0.25, 0.3) is 0 Å². The monoisotopic (exact) mass is 272 g/mol. The number of hydrogen-bond donors (Lipinski definition) is 2. The number of aromatic nitrogens is 2. The van der Waals surface area contributed by atoms with E-state index in [4.69, 9.17) is 0 Å². The van der Waals surface area contributed by atoms with Crippen molar-refractivity contribution in [1.29, 1.82) is 0 Å². The van der Waals surface area contributed by atoms with Crippen LogP contribution in [0.5, 0.6) is 0 Å². The van der Waals surface area contributed by atoms with E-state index in [1.807, 2.05) is 0 Å². The summed E-state index contributed by atoms with van der Waals surface area (Å²) in [6.45, 7) is 3.16. The zero-order valence-electron chi connectivity index (χ0n) is 9.85. The number of hydrogen-bond acceptors (Lipinski definition) is 7. The lowest BCUT2D eigenvalue weighted by molar-refractivity contribution is -0.128. The van der Waals surface area contributed by atoms with Crippen LogP contribution in [0.25, 0.3) is 0 Å². The van der Waals surface area contributed by atoms with Gasteiger partial charge in [0.1, 0.15) is 0 Å². The van der Waals surface area contributed by atoms with Crippen molar-refractivity contribution in [3.05, 3.63) is 5.82 Å². The van der Waals surface area contributed by atoms with Crippen LogP contribution in [-0.4, -0.2) is 33.9 Å². The van der Waals surface area contributed by atoms with Crippen molar-refractivity contribution in [1.82, 2.24) is 14.7 Å². The molecule has 18 heavy (non-hydrogen) atoms. The number of amides is 3. The average molecular weight is 272 g/mol. The van der Waals surface area contributed by atoms with Gasteiger partial charge in [-0.05, 0) is 6.92 Å². The quantitative estimate of drug-likeness (QED) is 0.816. The molecule has 1 heterocycles. The molecular weight excluding hydrogens is 260 g/mol. The molecule has 0 atom stereocenters. The van der Waals surface area contributed by atoms with Crippen LogP contribution in [0.4, 0.5) is 9.93 Å². The molecule has 0 aliphatic carbocycles. The molecule has 3 amide bonds. The second-order valence-corrected chi connectivity index (χ2v) is 3.89. The molecule has 0 saturated heterocycles. The van der Waals surface area contributed by atoms with Crippen molar-refractivity contribution < 1.29 is 19.1 Å². The lowest BCUT2D eigenvalue weighted by atomic mass is 10.4. The fourth-order valence-electron chi connectivity index (χ4n) is 1.02. The van der Waals surface area contributed by atoms with E-state index in [0.717, 1.165) is 11.5 Å². The highest BCUT2D eigenvalue weighted by Crippen LogP contribution is 2.11. The average Bonchev–Trinajstić information content (AvgIpc) is 2.64. The third kappa shape index (κ3) is 4.87. The summed E-state index contributed by atoms with van der Waals surface area (Å²) in [6.07, 6.45) is -0.756. The van der Waals surface area contributed by atoms with Crippen LogP contribution in [-0.2, 0) is 20.7 Å². The topological polar surface area (TPSA) is 110 Å². The van der Waals surface area contributed by atoms with Gasteiger partial charge in [-0.15, -0.1) is 0 Å². The van der Waals surface area contributed by atoms with Crippen molar-refractivity contribution in [3.8, 4) is 0 Å². The Morgan fingerprint density at radius 3 is 2.72 bits per heavy atom. The first kappa shape index (κ1) is 14.0. The van der Waals surface area contributed by atoms with Gasteiger partial charge in [-0.2, -0.15) is 4.37 Å². The molecular formula is C9H12N4O4S. The Balaban J connectivity index is 2.50. The summed E-state index contributed by atoms with van der Waals surface area (Å²) in [5.74, 6) is -0.714. The summed E-state index contributed by atoms with van der Waals surface area (Å²) in [6, 6.07) is 0. The maximum absolute atomic E-state index is 11.2. The molecule has 0 radical (unpaired) electrons. The summed E-state index contributed by atoms with van der Waals surface area (Å²) in [5.41, 5.74) is 0. The predicted octanol–water partition coefficient (Wildman–Crippen LogP) is 0.312. The van der Waals surface area contributed by atoms with E-state index in [9.17, 15) is 14.4 Å². The highest BCUT2D eigenvalue weighted by molar-refractivity contribution is 7.09. The summed E-state index contributed by atoms with van der Waals surface area (Å²) < 4.78 is 8.52. The van der Waals surface area contributed by atoms with Gasteiger partial charge in [-0.25, -0.2) is 9.78 Å². The lowest BCUT2D eigenvalue weighted by Crippen LogP contribution is -2.29. The standard InChI is InChI=1S/C9H12N4O4S/c1-3-17-9(16)12-8-11-6(13-18-8)4-7(15)10-5(2)14/h3-4H2,1-2H3,(H,10,14,15)(H,11,12,13,16). The molecule has 98 valence electrons. The molecule has 0 aliphatic heterocycles. The number of carbonyl (C=O) groups excluding carboxylic acids is 3. The Labute approximate surface area is 107 Å². The van der Waals surface area contributed by atoms with Crippen molar-refractivity contribution in [2.75, 3.05) is 11.9 Å². The fourth-order valence-corrected chi connectivity index (χ4v) is 1.59. The summed E-state index contributed by atoms with van der Waals surface area (Å²) in [4.78, 5) is 36.8. The van der Waals surface area contributed by atoms with E-state index in [1.54, 1.807) is 6.92 Å². The third-order valence-corrected chi connectivity index (χ3v) is 2.25. The maximum Gasteiger partial charge on any atom is 0.413 e. The molecule has 0 saturated carbocycles. The van der Waals surface area contributed by atoms with Crippen LogP contribution >= 0.6 is 11.5 Å². The largest absolute Gasteiger partial charge is 0.450 e. The van der Waals surface area contributed by atoms with E-state index in [2.05, 4.69) is 24.7 Å². The Morgan fingerprint density at radius 1 is 1.39 bits per heavy atom.